The van der Waals surface area contributed by atoms with Gasteiger partial charge in [-0.3, -0.25) is 4.99 Å². The maximum atomic E-state index is 5.88. The van der Waals surface area contributed by atoms with Crippen LogP contribution in [-0.4, -0.2) is 45.9 Å². The van der Waals surface area contributed by atoms with Gasteiger partial charge in [-0.05, 0) is 25.1 Å². The highest BCUT2D eigenvalue weighted by Crippen LogP contribution is 2.16. The number of hydrogen-bond donors (Lipinski definition) is 2. The van der Waals surface area contributed by atoms with Crippen LogP contribution in [0.1, 0.15) is 6.92 Å². The normalized spacial score (nSPS) is 10.7. The standard InChI is InChI=1S/C14H22ClN3O2.HI/c1-3-16-14(17-7-9-19-2)18-8-10-20-13-6-4-5-12(15)11-13;/h4-6,11H,3,7-10H2,1-2H3,(H2,16,17,18);1H. The molecule has 0 heterocycles. The SMILES string of the molecule is CCNC(=NCCOC)NCCOc1cccc(Cl)c1.I. The lowest BCUT2D eigenvalue weighted by Crippen LogP contribution is -2.39. The van der Waals surface area contributed by atoms with Gasteiger partial charge in [0.25, 0.3) is 0 Å². The molecule has 1 rings (SSSR count). The van der Waals surface area contributed by atoms with Crippen LogP contribution in [0.3, 0.4) is 0 Å². The third kappa shape index (κ3) is 9.76. The first-order valence-corrected chi connectivity index (χ1v) is 7.03. The Bertz CT molecular complexity index is 419. The largest absolute Gasteiger partial charge is 0.492 e. The first kappa shape index (κ1) is 20.3. The van der Waals surface area contributed by atoms with E-state index >= 15 is 0 Å². The van der Waals surface area contributed by atoms with E-state index in [0.29, 0.717) is 31.3 Å². The van der Waals surface area contributed by atoms with Gasteiger partial charge in [-0.15, -0.1) is 24.0 Å². The summed E-state index contributed by atoms with van der Waals surface area (Å²) in [5.41, 5.74) is 0. The smallest absolute Gasteiger partial charge is 0.191 e. The molecule has 0 aliphatic heterocycles. The molecule has 0 atom stereocenters. The quantitative estimate of drug-likeness (QED) is 0.290. The van der Waals surface area contributed by atoms with Crippen LogP contribution in [0.2, 0.25) is 5.02 Å². The molecule has 1 aromatic rings. The predicted octanol–water partition coefficient (Wildman–Crippen LogP) is 2.54. The summed E-state index contributed by atoms with van der Waals surface area (Å²) in [5.74, 6) is 1.53. The zero-order valence-electron chi connectivity index (χ0n) is 12.4. The average Bonchev–Trinajstić information content (AvgIpc) is 2.44. The van der Waals surface area contributed by atoms with Gasteiger partial charge in [0.1, 0.15) is 12.4 Å². The molecule has 7 heteroatoms. The first-order chi connectivity index (χ1) is 9.76. The fraction of sp³-hybridized carbons (Fsp3) is 0.500. The van der Waals surface area contributed by atoms with Gasteiger partial charge in [0.2, 0.25) is 0 Å². The van der Waals surface area contributed by atoms with Crippen molar-refractivity contribution >= 4 is 41.5 Å². The van der Waals surface area contributed by atoms with Crippen LogP contribution in [0.25, 0.3) is 0 Å². The van der Waals surface area contributed by atoms with E-state index in [2.05, 4.69) is 15.6 Å². The molecule has 0 amide bonds. The number of hydrogen-bond acceptors (Lipinski definition) is 3. The van der Waals surface area contributed by atoms with Gasteiger partial charge >= 0.3 is 0 Å². The molecule has 21 heavy (non-hydrogen) atoms. The second kappa shape index (κ2) is 13.0. The van der Waals surface area contributed by atoms with E-state index in [1.54, 1.807) is 13.2 Å². The Morgan fingerprint density at radius 2 is 2.10 bits per heavy atom. The van der Waals surface area contributed by atoms with Crippen LogP contribution >= 0.6 is 35.6 Å². The topological polar surface area (TPSA) is 54.9 Å². The molecular weight excluding hydrogens is 405 g/mol. The molecule has 0 bridgehead atoms. The van der Waals surface area contributed by atoms with Crippen LogP contribution in [0, 0.1) is 0 Å². The number of methoxy groups -OCH3 is 1. The second-order valence-corrected chi connectivity index (χ2v) is 4.42. The summed E-state index contributed by atoms with van der Waals surface area (Å²) in [7, 11) is 1.66. The van der Waals surface area contributed by atoms with Gasteiger partial charge < -0.3 is 20.1 Å². The van der Waals surface area contributed by atoms with Crippen LogP contribution < -0.4 is 15.4 Å². The van der Waals surface area contributed by atoms with Gasteiger partial charge in [-0.1, -0.05) is 17.7 Å². The van der Waals surface area contributed by atoms with Crippen molar-refractivity contribution in [3.8, 4) is 5.75 Å². The van der Waals surface area contributed by atoms with Crippen molar-refractivity contribution < 1.29 is 9.47 Å². The highest BCUT2D eigenvalue weighted by molar-refractivity contribution is 14.0. The number of guanidine groups is 1. The minimum absolute atomic E-state index is 0. The summed E-state index contributed by atoms with van der Waals surface area (Å²) >= 11 is 5.88. The van der Waals surface area contributed by atoms with E-state index in [-0.39, 0.29) is 24.0 Å². The molecule has 1 aromatic carbocycles. The molecular formula is C14H23ClIN3O2. The van der Waals surface area contributed by atoms with E-state index in [1.807, 2.05) is 25.1 Å². The summed E-state index contributed by atoms with van der Waals surface area (Å²) in [6, 6.07) is 7.35. The van der Waals surface area contributed by atoms with E-state index < -0.39 is 0 Å². The van der Waals surface area contributed by atoms with Crippen molar-refractivity contribution in [1.82, 2.24) is 10.6 Å². The Labute approximate surface area is 148 Å². The Balaban J connectivity index is 0.00000400. The summed E-state index contributed by atoms with van der Waals surface area (Å²) in [4.78, 5) is 4.35. The predicted molar refractivity (Wildman–Crippen MR) is 98.2 cm³/mol. The summed E-state index contributed by atoms with van der Waals surface area (Å²) < 4.78 is 10.6. The molecule has 2 N–H and O–H groups in total. The van der Waals surface area contributed by atoms with Crippen molar-refractivity contribution in [3.63, 3.8) is 0 Å². The van der Waals surface area contributed by atoms with E-state index in [9.17, 15) is 0 Å². The van der Waals surface area contributed by atoms with Crippen molar-refractivity contribution in [2.24, 2.45) is 4.99 Å². The molecule has 0 unspecified atom stereocenters. The number of rotatable bonds is 8. The Kier molecular flexibility index (Phi) is 12.5. The van der Waals surface area contributed by atoms with Gasteiger partial charge in [0.15, 0.2) is 5.96 Å². The molecule has 0 aromatic heterocycles. The fourth-order valence-corrected chi connectivity index (χ4v) is 1.67. The van der Waals surface area contributed by atoms with Gasteiger partial charge in [0, 0.05) is 18.7 Å². The minimum atomic E-state index is 0. The zero-order chi connectivity index (χ0) is 14.6. The number of benzene rings is 1. The maximum absolute atomic E-state index is 5.88. The van der Waals surface area contributed by atoms with Gasteiger partial charge in [0.05, 0.1) is 19.7 Å². The monoisotopic (exact) mass is 427 g/mol. The van der Waals surface area contributed by atoms with Crippen molar-refractivity contribution in [1.29, 1.82) is 0 Å². The minimum Gasteiger partial charge on any atom is -0.492 e. The highest BCUT2D eigenvalue weighted by Gasteiger charge is 1.98. The van der Waals surface area contributed by atoms with Crippen molar-refractivity contribution in [3.05, 3.63) is 29.3 Å². The number of ether oxygens (including phenoxy) is 2. The first-order valence-electron chi connectivity index (χ1n) is 6.65. The van der Waals surface area contributed by atoms with Crippen LogP contribution in [-0.2, 0) is 4.74 Å². The van der Waals surface area contributed by atoms with E-state index in [0.717, 1.165) is 18.3 Å². The maximum Gasteiger partial charge on any atom is 0.191 e. The van der Waals surface area contributed by atoms with E-state index in [4.69, 9.17) is 21.1 Å². The van der Waals surface area contributed by atoms with Gasteiger partial charge in [-0.25, -0.2) is 0 Å². The number of nitrogens with zero attached hydrogens (tertiary/aromatic N) is 1. The molecule has 120 valence electrons. The molecule has 0 aliphatic rings. The molecule has 0 fully saturated rings. The molecule has 0 aliphatic carbocycles. The summed E-state index contributed by atoms with van der Waals surface area (Å²) in [6.07, 6.45) is 0. The zero-order valence-corrected chi connectivity index (χ0v) is 15.5. The molecule has 0 spiro atoms. The fourth-order valence-electron chi connectivity index (χ4n) is 1.49. The van der Waals surface area contributed by atoms with Gasteiger partial charge in [-0.2, -0.15) is 0 Å². The number of halogens is 2. The molecule has 0 radical (unpaired) electrons. The van der Waals surface area contributed by atoms with Crippen LogP contribution in [0.4, 0.5) is 0 Å². The summed E-state index contributed by atoms with van der Waals surface area (Å²) in [6.45, 7) is 5.26. The number of nitrogens with one attached hydrogen (secondary N) is 2. The lowest BCUT2D eigenvalue weighted by atomic mass is 10.3. The van der Waals surface area contributed by atoms with Crippen molar-refractivity contribution in [2.45, 2.75) is 6.92 Å². The molecule has 5 nitrogen and oxygen atoms in total. The average molecular weight is 428 g/mol. The van der Waals surface area contributed by atoms with Crippen LogP contribution in [0.15, 0.2) is 29.3 Å². The lowest BCUT2D eigenvalue weighted by Gasteiger charge is -2.12. The number of aliphatic imine (C=N–C) groups is 1. The third-order valence-electron chi connectivity index (χ3n) is 2.37. The van der Waals surface area contributed by atoms with Crippen molar-refractivity contribution in [2.75, 3.05) is 40.0 Å². The highest BCUT2D eigenvalue weighted by atomic mass is 127. The second-order valence-electron chi connectivity index (χ2n) is 3.99. The Morgan fingerprint density at radius 1 is 1.29 bits per heavy atom. The Hall–Kier alpha value is -0.730. The van der Waals surface area contributed by atoms with Crippen LogP contribution in [0.5, 0.6) is 5.75 Å². The third-order valence-corrected chi connectivity index (χ3v) is 2.60. The molecule has 0 saturated carbocycles. The summed E-state index contributed by atoms with van der Waals surface area (Å²) in [5, 5.41) is 7.02. The Morgan fingerprint density at radius 3 is 2.76 bits per heavy atom. The lowest BCUT2D eigenvalue weighted by molar-refractivity contribution is 0.208. The molecule has 0 saturated heterocycles. The van der Waals surface area contributed by atoms with E-state index in [1.165, 1.54) is 0 Å².